The SMILES string of the molecule is Cc1cccc(CS(=O)(=O)CCNC(C)(C)C)c1. The maximum absolute atomic E-state index is 12.0. The van der Waals surface area contributed by atoms with Gasteiger partial charge in [0.2, 0.25) is 0 Å². The first-order valence-electron chi connectivity index (χ1n) is 6.19. The van der Waals surface area contributed by atoms with Crippen molar-refractivity contribution in [3.63, 3.8) is 0 Å². The molecule has 0 aromatic heterocycles. The molecular formula is C14H23NO2S. The van der Waals surface area contributed by atoms with E-state index < -0.39 is 9.84 Å². The Balaban J connectivity index is 2.55. The van der Waals surface area contributed by atoms with Crippen LogP contribution in [0, 0.1) is 6.92 Å². The monoisotopic (exact) mass is 269 g/mol. The quantitative estimate of drug-likeness (QED) is 0.892. The molecule has 0 aliphatic rings. The number of aryl methyl sites for hydroxylation is 1. The van der Waals surface area contributed by atoms with Crippen molar-refractivity contribution in [2.45, 2.75) is 39.0 Å². The summed E-state index contributed by atoms with van der Waals surface area (Å²) in [7, 11) is -3.04. The molecule has 0 aliphatic heterocycles. The van der Waals surface area contributed by atoms with Crippen molar-refractivity contribution < 1.29 is 8.42 Å². The Morgan fingerprint density at radius 1 is 1.22 bits per heavy atom. The van der Waals surface area contributed by atoms with Gasteiger partial charge in [0.1, 0.15) is 0 Å². The van der Waals surface area contributed by atoms with Gasteiger partial charge in [-0.2, -0.15) is 0 Å². The van der Waals surface area contributed by atoms with Crippen LogP contribution in [0.3, 0.4) is 0 Å². The molecular weight excluding hydrogens is 246 g/mol. The van der Waals surface area contributed by atoms with Crippen LogP contribution in [0.5, 0.6) is 0 Å². The largest absolute Gasteiger partial charge is 0.311 e. The number of rotatable bonds is 5. The molecule has 0 heterocycles. The Bertz CT molecular complexity index is 487. The first-order valence-corrected chi connectivity index (χ1v) is 8.01. The van der Waals surface area contributed by atoms with Gasteiger partial charge in [-0.1, -0.05) is 29.8 Å². The van der Waals surface area contributed by atoms with E-state index in [0.29, 0.717) is 6.54 Å². The second-order valence-corrected chi connectivity index (χ2v) is 7.94. The number of nitrogens with one attached hydrogen (secondary N) is 1. The molecule has 0 saturated carbocycles. The van der Waals surface area contributed by atoms with Gasteiger partial charge in [-0.3, -0.25) is 0 Å². The zero-order valence-electron chi connectivity index (χ0n) is 11.7. The van der Waals surface area contributed by atoms with Gasteiger partial charge in [0.15, 0.2) is 9.84 Å². The van der Waals surface area contributed by atoms with E-state index in [1.807, 2.05) is 52.0 Å². The molecule has 0 aliphatic carbocycles. The van der Waals surface area contributed by atoms with Crippen LogP contribution in [0.15, 0.2) is 24.3 Å². The van der Waals surface area contributed by atoms with Crippen molar-refractivity contribution in [2.24, 2.45) is 0 Å². The molecule has 0 saturated heterocycles. The molecule has 4 heteroatoms. The fourth-order valence-electron chi connectivity index (χ4n) is 1.71. The summed E-state index contributed by atoms with van der Waals surface area (Å²) in [5.41, 5.74) is 1.92. The summed E-state index contributed by atoms with van der Waals surface area (Å²) in [6, 6.07) is 7.65. The predicted molar refractivity (Wildman–Crippen MR) is 76.4 cm³/mol. The number of sulfone groups is 1. The summed E-state index contributed by atoms with van der Waals surface area (Å²) < 4.78 is 23.9. The summed E-state index contributed by atoms with van der Waals surface area (Å²) >= 11 is 0. The Kier molecular flexibility index (Phi) is 4.93. The van der Waals surface area contributed by atoms with Gasteiger partial charge in [-0.25, -0.2) is 8.42 Å². The number of hydrogen-bond donors (Lipinski definition) is 1. The minimum atomic E-state index is -3.04. The van der Waals surface area contributed by atoms with Crippen molar-refractivity contribution in [3.8, 4) is 0 Å². The van der Waals surface area contributed by atoms with Gasteiger partial charge in [0, 0.05) is 12.1 Å². The van der Waals surface area contributed by atoms with E-state index in [1.54, 1.807) is 0 Å². The molecule has 0 unspecified atom stereocenters. The van der Waals surface area contributed by atoms with Crippen LogP contribution in [0.25, 0.3) is 0 Å². The molecule has 0 fully saturated rings. The standard InChI is InChI=1S/C14H23NO2S/c1-12-6-5-7-13(10-12)11-18(16,17)9-8-15-14(2,3)4/h5-7,10,15H,8-9,11H2,1-4H3. The van der Waals surface area contributed by atoms with Crippen molar-refractivity contribution >= 4 is 9.84 Å². The molecule has 102 valence electrons. The minimum absolute atomic E-state index is 0.0428. The van der Waals surface area contributed by atoms with Crippen LogP contribution in [0.4, 0.5) is 0 Å². The third kappa shape index (κ3) is 6.17. The molecule has 0 radical (unpaired) electrons. The van der Waals surface area contributed by atoms with Crippen molar-refractivity contribution in [2.75, 3.05) is 12.3 Å². The fraction of sp³-hybridized carbons (Fsp3) is 0.571. The minimum Gasteiger partial charge on any atom is -0.311 e. The zero-order valence-corrected chi connectivity index (χ0v) is 12.5. The van der Waals surface area contributed by atoms with E-state index in [-0.39, 0.29) is 17.0 Å². The maximum atomic E-state index is 12.0. The Hall–Kier alpha value is -0.870. The Morgan fingerprint density at radius 2 is 1.89 bits per heavy atom. The number of benzene rings is 1. The van der Waals surface area contributed by atoms with E-state index in [1.165, 1.54) is 0 Å². The zero-order chi connectivity index (χ0) is 13.8. The van der Waals surface area contributed by atoms with E-state index in [2.05, 4.69) is 5.32 Å². The topological polar surface area (TPSA) is 46.2 Å². The number of hydrogen-bond acceptors (Lipinski definition) is 3. The van der Waals surface area contributed by atoms with Crippen LogP contribution in [-0.4, -0.2) is 26.3 Å². The van der Waals surface area contributed by atoms with E-state index in [9.17, 15) is 8.42 Å². The summed E-state index contributed by atoms with van der Waals surface area (Å²) in [5, 5.41) is 3.20. The van der Waals surface area contributed by atoms with Crippen LogP contribution in [-0.2, 0) is 15.6 Å². The maximum Gasteiger partial charge on any atom is 0.155 e. The first-order chi connectivity index (χ1) is 8.18. The van der Waals surface area contributed by atoms with Crippen molar-refractivity contribution in [1.29, 1.82) is 0 Å². The summed E-state index contributed by atoms with van der Waals surface area (Å²) in [6.45, 7) is 8.55. The first kappa shape index (κ1) is 15.2. The second kappa shape index (κ2) is 5.85. The summed E-state index contributed by atoms with van der Waals surface area (Å²) in [6.07, 6.45) is 0. The smallest absolute Gasteiger partial charge is 0.155 e. The van der Waals surface area contributed by atoms with Gasteiger partial charge >= 0.3 is 0 Å². The molecule has 0 bridgehead atoms. The van der Waals surface area contributed by atoms with Crippen LogP contribution >= 0.6 is 0 Å². The van der Waals surface area contributed by atoms with Crippen LogP contribution in [0.1, 0.15) is 31.9 Å². The van der Waals surface area contributed by atoms with Crippen molar-refractivity contribution in [1.82, 2.24) is 5.32 Å². The Labute approximate surface area is 111 Å². The highest BCUT2D eigenvalue weighted by molar-refractivity contribution is 7.90. The lowest BCUT2D eigenvalue weighted by Gasteiger charge is -2.20. The molecule has 1 aromatic rings. The van der Waals surface area contributed by atoms with E-state index >= 15 is 0 Å². The molecule has 3 nitrogen and oxygen atoms in total. The van der Waals surface area contributed by atoms with Crippen LogP contribution in [0.2, 0.25) is 0 Å². The molecule has 0 spiro atoms. The fourth-order valence-corrected chi connectivity index (χ4v) is 2.95. The third-order valence-corrected chi connectivity index (χ3v) is 4.14. The van der Waals surface area contributed by atoms with E-state index in [4.69, 9.17) is 0 Å². The molecule has 0 amide bonds. The summed E-state index contributed by atoms with van der Waals surface area (Å²) in [5.74, 6) is 0.304. The molecule has 18 heavy (non-hydrogen) atoms. The average Bonchev–Trinajstić information content (AvgIpc) is 2.13. The lowest BCUT2D eigenvalue weighted by molar-refractivity contribution is 0.438. The Morgan fingerprint density at radius 3 is 2.44 bits per heavy atom. The van der Waals surface area contributed by atoms with Gasteiger partial charge < -0.3 is 5.32 Å². The molecule has 1 rings (SSSR count). The van der Waals surface area contributed by atoms with Gasteiger partial charge in [-0.05, 0) is 33.3 Å². The van der Waals surface area contributed by atoms with E-state index in [0.717, 1.165) is 11.1 Å². The van der Waals surface area contributed by atoms with Crippen molar-refractivity contribution in [3.05, 3.63) is 35.4 Å². The molecule has 1 N–H and O–H groups in total. The third-order valence-electron chi connectivity index (χ3n) is 2.54. The molecule has 0 atom stereocenters. The highest BCUT2D eigenvalue weighted by Crippen LogP contribution is 2.09. The average molecular weight is 269 g/mol. The highest BCUT2D eigenvalue weighted by Gasteiger charge is 2.14. The highest BCUT2D eigenvalue weighted by atomic mass is 32.2. The van der Waals surface area contributed by atoms with Crippen LogP contribution < -0.4 is 5.32 Å². The lowest BCUT2D eigenvalue weighted by Crippen LogP contribution is -2.38. The molecule has 1 aromatic carbocycles. The van der Waals surface area contributed by atoms with Gasteiger partial charge in [0.25, 0.3) is 0 Å². The second-order valence-electron chi connectivity index (χ2n) is 5.76. The lowest BCUT2D eigenvalue weighted by atomic mass is 10.1. The normalized spacial score (nSPS) is 12.7. The van der Waals surface area contributed by atoms with Gasteiger partial charge in [-0.15, -0.1) is 0 Å². The predicted octanol–water partition coefficient (Wildman–Crippen LogP) is 2.30. The van der Waals surface area contributed by atoms with Gasteiger partial charge in [0.05, 0.1) is 11.5 Å². The summed E-state index contributed by atoms with van der Waals surface area (Å²) in [4.78, 5) is 0.